The zero-order chi connectivity index (χ0) is 24.9. The van der Waals surface area contributed by atoms with Crippen molar-refractivity contribution in [3.63, 3.8) is 0 Å². The van der Waals surface area contributed by atoms with E-state index in [-0.39, 0.29) is 24.4 Å². The molecule has 0 radical (unpaired) electrons. The number of aliphatic carboxylic acids is 2. The average Bonchev–Trinajstić information content (AvgIpc) is 3.43. The summed E-state index contributed by atoms with van der Waals surface area (Å²) in [6.07, 6.45) is 9.24. The van der Waals surface area contributed by atoms with Gasteiger partial charge in [-0.15, -0.1) is 0 Å². The minimum Gasteiger partial charge on any atom is -0.481 e. The smallest absolute Gasteiger partial charge is 0.309 e. The van der Waals surface area contributed by atoms with Crippen molar-refractivity contribution in [2.45, 2.75) is 116 Å². The first-order valence-electron chi connectivity index (χ1n) is 12.9. The van der Waals surface area contributed by atoms with Gasteiger partial charge < -0.3 is 19.7 Å². The molecule has 6 heteroatoms. The molecule has 2 N–H and O–H groups in total. The van der Waals surface area contributed by atoms with Gasteiger partial charge >= 0.3 is 11.9 Å². The first kappa shape index (κ1) is 26.7. The second kappa shape index (κ2) is 11.2. The first-order chi connectivity index (χ1) is 16.0. The van der Waals surface area contributed by atoms with Crippen LogP contribution in [-0.4, -0.2) is 34.4 Å². The van der Waals surface area contributed by atoms with Crippen LogP contribution in [0, 0.1) is 10.8 Å². The molecule has 2 saturated heterocycles. The Morgan fingerprint density at radius 3 is 1.50 bits per heavy atom. The monoisotopic (exact) mass is 474 g/mol. The third-order valence-electron chi connectivity index (χ3n) is 7.72. The van der Waals surface area contributed by atoms with E-state index in [9.17, 15) is 19.8 Å². The summed E-state index contributed by atoms with van der Waals surface area (Å²) in [4.78, 5) is 22.7. The van der Waals surface area contributed by atoms with Crippen molar-refractivity contribution < 1.29 is 29.3 Å². The molecule has 6 nitrogen and oxygen atoms in total. The Kier molecular flexibility index (Phi) is 8.80. The highest BCUT2D eigenvalue weighted by atomic mass is 16.5. The van der Waals surface area contributed by atoms with E-state index in [1.807, 2.05) is 0 Å². The fraction of sp³-hybridized carbons (Fsp3) is 0.714. The quantitative estimate of drug-likeness (QED) is 0.351. The van der Waals surface area contributed by atoms with Gasteiger partial charge in [0.1, 0.15) is 0 Å². The van der Waals surface area contributed by atoms with E-state index in [1.54, 1.807) is 27.7 Å². The second-order valence-electron chi connectivity index (χ2n) is 11.4. The van der Waals surface area contributed by atoms with Crippen LogP contribution in [0.1, 0.15) is 115 Å². The Hall–Kier alpha value is -1.92. The van der Waals surface area contributed by atoms with E-state index in [1.165, 1.54) is 11.1 Å². The summed E-state index contributed by atoms with van der Waals surface area (Å²) >= 11 is 0. The summed E-state index contributed by atoms with van der Waals surface area (Å²) in [6.45, 7) is 7.13. The van der Waals surface area contributed by atoms with E-state index < -0.39 is 22.8 Å². The normalized spacial score (nSPS) is 25.5. The van der Waals surface area contributed by atoms with Crippen molar-refractivity contribution >= 4 is 11.9 Å². The summed E-state index contributed by atoms with van der Waals surface area (Å²) in [5.74, 6) is -1.49. The fourth-order valence-corrected chi connectivity index (χ4v) is 5.15. The molecule has 2 aliphatic heterocycles. The molecule has 1 aromatic rings. The van der Waals surface area contributed by atoms with Crippen LogP contribution in [0.4, 0.5) is 0 Å². The second-order valence-corrected chi connectivity index (χ2v) is 11.4. The van der Waals surface area contributed by atoms with Gasteiger partial charge in [0.2, 0.25) is 0 Å². The van der Waals surface area contributed by atoms with Gasteiger partial charge in [0.25, 0.3) is 0 Å². The lowest BCUT2D eigenvalue weighted by molar-refractivity contribution is -0.148. The van der Waals surface area contributed by atoms with E-state index in [0.29, 0.717) is 12.8 Å². The van der Waals surface area contributed by atoms with Gasteiger partial charge in [-0.25, -0.2) is 0 Å². The summed E-state index contributed by atoms with van der Waals surface area (Å²) in [6, 6.07) is 8.43. The van der Waals surface area contributed by atoms with Crippen LogP contribution in [0.15, 0.2) is 24.3 Å². The predicted molar refractivity (Wildman–Crippen MR) is 131 cm³/mol. The van der Waals surface area contributed by atoms with Crippen LogP contribution in [0.3, 0.4) is 0 Å². The number of benzene rings is 1. The molecule has 190 valence electrons. The van der Waals surface area contributed by atoms with Crippen LogP contribution < -0.4 is 0 Å². The van der Waals surface area contributed by atoms with Crippen molar-refractivity contribution in [2.75, 3.05) is 0 Å². The van der Waals surface area contributed by atoms with E-state index in [4.69, 9.17) is 9.47 Å². The van der Waals surface area contributed by atoms with Gasteiger partial charge in [-0.1, -0.05) is 24.3 Å². The molecule has 4 atom stereocenters. The Labute approximate surface area is 204 Å². The van der Waals surface area contributed by atoms with Gasteiger partial charge in [0.15, 0.2) is 0 Å². The molecule has 0 amide bonds. The predicted octanol–water partition coefficient (Wildman–Crippen LogP) is 6.69. The molecule has 4 unspecified atom stereocenters. The summed E-state index contributed by atoms with van der Waals surface area (Å²) in [5.41, 5.74) is 1.05. The fourth-order valence-electron chi connectivity index (χ4n) is 5.15. The minimum absolute atomic E-state index is 0.0627. The average molecular weight is 475 g/mol. The Balaban J connectivity index is 1.51. The van der Waals surface area contributed by atoms with Crippen LogP contribution in [0.5, 0.6) is 0 Å². The molecular formula is C28H42O6. The summed E-state index contributed by atoms with van der Waals surface area (Å²) < 4.78 is 12.8. The zero-order valence-corrected chi connectivity index (χ0v) is 21.2. The first-order valence-corrected chi connectivity index (χ1v) is 12.9. The molecule has 2 fully saturated rings. The maximum atomic E-state index is 11.3. The van der Waals surface area contributed by atoms with E-state index >= 15 is 0 Å². The van der Waals surface area contributed by atoms with Crippen molar-refractivity contribution in [3.8, 4) is 0 Å². The number of carbonyl (C=O) groups is 2. The topological polar surface area (TPSA) is 93.1 Å². The van der Waals surface area contributed by atoms with Gasteiger partial charge in [0, 0.05) is 0 Å². The van der Waals surface area contributed by atoms with E-state index in [2.05, 4.69) is 24.3 Å². The van der Waals surface area contributed by atoms with Crippen molar-refractivity contribution in [2.24, 2.45) is 10.8 Å². The summed E-state index contributed by atoms with van der Waals surface area (Å²) in [5, 5.41) is 18.6. The molecule has 0 aliphatic carbocycles. The van der Waals surface area contributed by atoms with Gasteiger partial charge in [-0.2, -0.15) is 0 Å². The van der Waals surface area contributed by atoms with Gasteiger partial charge in [0.05, 0.1) is 35.2 Å². The highest BCUT2D eigenvalue weighted by molar-refractivity contribution is 5.73. The lowest BCUT2D eigenvalue weighted by Crippen LogP contribution is -2.24. The highest BCUT2D eigenvalue weighted by Crippen LogP contribution is 2.42. The third kappa shape index (κ3) is 6.82. The van der Waals surface area contributed by atoms with Crippen LogP contribution in [0.2, 0.25) is 0 Å². The Morgan fingerprint density at radius 2 is 1.15 bits per heavy atom. The van der Waals surface area contributed by atoms with Gasteiger partial charge in [-0.3, -0.25) is 9.59 Å². The number of ether oxygens (including phenoxy) is 2. The molecule has 0 bridgehead atoms. The number of hydrogen-bond acceptors (Lipinski definition) is 4. The third-order valence-corrected chi connectivity index (χ3v) is 7.72. The van der Waals surface area contributed by atoms with Crippen molar-refractivity contribution in [3.05, 3.63) is 35.4 Å². The number of carboxylic acid groups (broad SMARTS) is 2. The SMILES string of the molecule is CC(C)(CCCC1CCC(c2ccccc2C2CCC(CCCC(C)(C)C(=O)O)O2)O1)C(=O)O. The molecule has 2 heterocycles. The van der Waals surface area contributed by atoms with Crippen LogP contribution in [-0.2, 0) is 19.1 Å². The Morgan fingerprint density at radius 1 is 0.765 bits per heavy atom. The molecular weight excluding hydrogens is 432 g/mol. The molecule has 3 rings (SSSR count). The molecule has 2 aliphatic rings. The molecule has 0 spiro atoms. The maximum Gasteiger partial charge on any atom is 0.309 e. The van der Waals surface area contributed by atoms with Crippen molar-refractivity contribution in [1.82, 2.24) is 0 Å². The zero-order valence-electron chi connectivity index (χ0n) is 21.2. The van der Waals surface area contributed by atoms with Gasteiger partial charge in [-0.05, 0) is 103 Å². The lowest BCUT2D eigenvalue weighted by atomic mass is 9.87. The Bertz CT molecular complexity index is 776. The number of rotatable bonds is 12. The molecule has 34 heavy (non-hydrogen) atoms. The van der Waals surface area contributed by atoms with Crippen molar-refractivity contribution in [1.29, 1.82) is 0 Å². The summed E-state index contributed by atoms with van der Waals surface area (Å²) in [7, 11) is 0. The lowest BCUT2D eigenvalue weighted by Gasteiger charge is -2.23. The molecule has 1 aromatic carbocycles. The highest BCUT2D eigenvalue weighted by Gasteiger charge is 2.34. The number of carboxylic acids is 2. The standard InChI is InChI=1S/C28H42O6/c1-27(2,25(29)30)17-7-9-19-13-15-23(33-19)21-11-5-6-12-22(21)24-16-14-20(34-24)10-8-18-28(3,4)26(31)32/h5-6,11-12,19-20,23-24H,7-10,13-18H2,1-4H3,(H,29,30)(H,31,32). The van der Waals surface area contributed by atoms with Crippen LogP contribution in [0.25, 0.3) is 0 Å². The maximum absolute atomic E-state index is 11.3. The van der Waals surface area contributed by atoms with E-state index in [0.717, 1.165) is 51.4 Å². The number of hydrogen-bond donors (Lipinski definition) is 2. The van der Waals surface area contributed by atoms with Crippen LogP contribution >= 0.6 is 0 Å². The minimum atomic E-state index is -0.743. The largest absolute Gasteiger partial charge is 0.481 e. The molecule has 0 aromatic heterocycles. The molecule has 0 saturated carbocycles.